The molecule has 2 aromatic carbocycles. The van der Waals surface area contributed by atoms with Gasteiger partial charge < -0.3 is 14.6 Å². The number of phenols is 1. The molecule has 3 aromatic rings. The second-order valence-corrected chi connectivity index (χ2v) is 11.2. The Morgan fingerprint density at radius 2 is 1.62 bits per heavy atom. The fourth-order valence-corrected chi connectivity index (χ4v) is 5.21. The van der Waals surface area contributed by atoms with Crippen LogP contribution in [0.3, 0.4) is 0 Å². The lowest BCUT2D eigenvalue weighted by molar-refractivity contribution is 0.303. The van der Waals surface area contributed by atoms with E-state index < -0.39 is 0 Å². The molecule has 0 saturated heterocycles. The minimum Gasteiger partial charge on any atom is -0.508 e. The summed E-state index contributed by atoms with van der Waals surface area (Å²) in [7, 11) is 3.25. The van der Waals surface area contributed by atoms with Crippen LogP contribution < -0.4 is 9.47 Å². The molecule has 3 rings (SSSR count). The predicted octanol–water partition coefficient (Wildman–Crippen LogP) is 10.7. The molecule has 5 nitrogen and oxygen atoms in total. The number of nitrogens with zero attached hydrogens (tertiary/aromatic N) is 2. The van der Waals surface area contributed by atoms with Crippen LogP contribution in [0, 0.1) is 0 Å². The summed E-state index contributed by atoms with van der Waals surface area (Å²) in [6.45, 7) is 23.2. The first-order chi connectivity index (χ1) is 23.3. The maximum absolute atomic E-state index is 9.48. The molecule has 0 aliphatic heterocycles. The zero-order valence-electron chi connectivity index (χ0n) is 29.8. The number of hydrogen-bond acceptors (Lipinski definition) is 5. The van der Waals surface area contributed by atoms with Crippen LogP contribution in [0.4, 0.5) is 0 Å². The van der Waals surface area contributed by atoms with Gasteiger partial charge in [0, 0.05) is 30.4 Å². The molecule has 5 heteroatoms. The number of aryl methyl sites for hydroxylation is 1. The van der Waals surface area contributed by atoms with E-state index in [0.717, 1.165) is 66.9 Å². The number of rotatable bonds is 17. The molecule has 0 radical (unpaired) electrons. The van der Waals surface area contributed by atoms with Gasteiger partial charge in [0.25, 0.3) is 0 Å². The SMILES string of the molecule is C=C/C=C(\C=C/C)CCN(CCC)CC(/C=C\C)=C/C(=C)c1ccc(O)cc1.C=Cc1cc(-c2cc(CC)ccn2)cc(OC)c1OC. The Bertz CT molecular complexity index is 1590. The molecule has 0 unspecified atom stereocenters. The minimum atomic E-state index is 0.271. The van der Waals surface area contributed by atoms with E-state index in [1.165, 1.54) is 16.7 Å². The lowest BCUT2D eigenvalue weighted by Crippen LogP contribution is -2.28. The van der Waals surface area contributed by atoms with Crippen LogP contribution >= 0.6 is 0 Å². The molecule has 0 fully saturated rings. The van der Waals surface area contributed by atoms with Crippen LogP contribution in [-0.4, -0.2) is 48.8 Å². The molecule has 0 aliphatic carbocycles. The van der Waals surface area contributed by atoms with Gasteiger partial charge in [0.1, 0.15) is 5.75 Å². The number of methoxy groups -OCH3 is 2. The number of aromatic nitrogens is 1. The standard InChI is InChI=1S/C26H35NO.C17H19NO2/c1-6-10-23(11-7-2)17-19-27(18-9-4)21-24(12-8-3)20-22(5)25-13-15-26(28)16-14-25;1-5-12-7-8-18-15(9-12)14-10-13(6-2)17(20-4)16(11-14)19-3/h6-8,10-16,20,28H,1,5,9,17-19,21H2,2-4H3;6-11H,2,5H2,1,3-4H3/b11-7-,12-8-,23-10+,24-20+;. The zero-order valence-corrected chi connectivity index (χ0v) is 29.8. The highest BCUT2D eigenvalue weighted by Crippen LogP contribution is 2.36. The number of phenolic OH excluding ortho intramolecular Hbond substituents is 1. The minimum absolute atomic E-state index is 0.271. The highest BCUT2D eigenvalue weighted by Gasteiger charge is 2.12. The second-order valence-electron chi connectivity index (χ2n) is 11.2. The molecule has 254 valence electrons. The Balaban J connectivity index is 0.000000351. The Labute approximate surface area is 289 Å². The summed E-state index contributed by atoms with van der Waals surface area (Å²) in [5, 5.41) is 9.48. The van der Waals surface area contributed by atoms with Crippen LogP contribution in [-0.2, 0) is 6.42 Å². The molecule has 0 atom stereocenters. The third-order valence-corrected chi connectivity index (χ3v) is 7.61. The van der Waals surface area contributed by atoms with Gasteiger partial charge in [0.2, 0.25) is 0 Å². The monoisotopic (exact) mass is 646 g/mol. The van der Waals surface area contributed by atoms with E-state index in [1.54, 1.807) is 32.4 Å². The van der Waals surface area contributed by atoms with Crippen molar-refractivity contribution in [1.82, 2.24) is 9.88 Å². The van der Waals surface area contributed by atoms with E-state index in [-0.39, 0.29) is 5.75 Å². The number of hydrogen-bond donors (Lipinski definition) is 1. The average Bonchev–Trinajstić information content (AvgIpc) is 3.10. The first kappa shape index (κ1) is 39.3. The van der Waals surface area contributed by atoms with E-state index in [1.807, 2.05) is 56.5 Å². The summed E-state index contributed by atoms with van der Waals surface area (Å²) in [4.78, 5) is 6.92. The Morgan fingerprint density at radius 1 is 0.917 bits per heavy atom. The topological polar surface area (TPSA) is 54.8 Å². The summed E-state index contributed by atoms with van der Waals surface area (Å²) in [6.07, 6.45) is 21.2. The molecule has 0 bridgehead atoms. The van der Waals surface area contributed by atoms with Gasteiger partial charge in [-0.2, -0.15) is 0 Å². The lowest BCUT2D eigenvalue weighted by atomic mass is 10.0. The third kappa shape index (κ3) is 12.7. The van der Waals surface area contributed by atoms with Crippen molar-refractivity contribution in [1.29, 1.82) is 0 Å². The van der Waals surface area contributed by atoms with Crippen molar-refractivity contribution in [2.75, 3.05) is 33.9 Å². The fraction of sp³-hybridized carbons (Fsp3) is 0.279. The van der Waals surface area contributed by atoms with Crippen molar-refractivity contribution in [2.24, 2.45) is 0 Å². The summed E-state index contributed by atoms with van der Waals surface area (Å²) in [6, 6.07) is 15.3. The predicted molar refractivity (Wildman–Crippen MR) is 207 cm³/mol. The maximum atomic E-state index is 9.48. The third-order valence-electron chi connectivity index (χ3n) is 7.61. The molecule has 0 spiro atoms. The molecule has 48 heavy (non-hydrogen) atoms. The molecular weight excluding hydrogens is 592 g/mol. The van der Waals surface area contributed by atoms with Gasteiger partial charge in [0.05, 0.1) is 19.9 Å². The van der Waals surface area contributed by atoms with Crippen LogP contribution in [0.15, 0.2) is 128 Å². The number of aromatic hydroxyl groups is 1. The molecule has 1 aromatic heterocycles. The van der Waals surface area contributed by atoms with Crippen molar-refractivity contribution < 1.29 is 14.6 Å². The second kappa shape index (κ2) is 21.8. The summed E-state index contributed by atoms with van der Waals surface area (Å²) in [5.74, 6) is 1.65. The molecular formula is C43H54N2O3. The maximum Gasteiger partial charge on any atom is 0.167 e. The lowest BCUT2D eigenvalue weighted by Gasteiger charge is -2.23. The average molecular weight is 647 g/mol. The molecule has 0 amide bonds. The van der Waals surface area contributed by atoms with Gasteiger partial charge in [0.15, 0.2) is 11.5 Å². The van der Waals surface area contributed by atoms with Gasteiger partial charge >= 0.3 is 0 Å². The Morgan fingerprint density at radius 3 is 2.21 bits per heavy atom. The molecule has 0 aliphatic rings. The van der Waals surface area contributed by atoms with E-state index in [0.29, 0.717) is 11.5 Å². The van der Waals surface area contributed by atoms with Crippen molar-refractivity contribution >= 4 is 11.6 Å². The summed E-state index contributed by atoms with van der Waals surface area (Å²) >= 11 is 0. The first-order valence-corrected chi connectivity index (χ1v) is 16.6. The molecule has 1 heterocycles. The van der Waals surface area contributed by atoms with E-state index in [4.69, 9.17) is 9.47 Å². The largest absolute Gasteiger partial charge is 0.508 e. The van der Waals surface area contributed by atoms with Crippen LogP contribution in [0.5, 0.6) is 17.2 Å². The van der Waals surface area contributed by atoms with Gasteiger partial charge in [-0.25, -0.2) is 0 Å². The van der Waals surface area contributed by atoms with E-state index >= 15 is 0 Å². The van der Waals surface area contributed by atoms with Gasteiger partial charge in [-0.3, -0.25) is 9.88 Å². The van der Waals surface area contributed by atoms with Gasteiger partial charge in [-0.1, -0.05) is 94.3 Å². The molecule has 1 N–H and O–H groups in total. The van der Waals surface area contributed by atoms with Crippen molar-refractivity contribution in [3.63, 3.8) is 0 Å². The van der Waals surface area contributed by atoms with E-state index in [9.17, 15) is 5.11 Å². The fourth-order valence-electron chi connectivity index (χ4n) is 5.21. The highest BCUT2D eigenvalue weighted by atomic mass is 16.5. The Hall–Kier alpha value is -4.87. The number of benzene rings is 2. The quantitative estimate of drug-likeness (QED) is 0.148. The van der Waals surface area contributed by atoms with Crippen LogP contribution in [0.25, 0.3) is 22.9 Å². The van der Waals surface area contributed by atoms with Gasteiger partial charge in [-0.05, 0) is 104 Å². The van der Waals surface area contributed by atoms with Crippen molar-refractivity contribution in [3.05, 3.63) is 145 Å². The number of allylic oxidation sites excluding steroid dienone is 7. The first-order valence-electron chi connectivity index (χ1n) is 16.6. The summed E-state index contributed by atoms with van der Waals surface area (Å²) in [5.41, 5.74) is 8.56. The van der Waals surface area contributed by atoms with Gasteiger partial charge in [-0.15, -0.1) is 0 Å². The normalized spacial score (nSPS) is 11.8. The number of pyridine rings is 1. The highest BCUT2D eigenvalue weighted by molar-refractivity contribution is 5.74. The zero-order chi connectivity index (χ0) is 35.3. The van der Waals surface area contributed by atoms with Crippen molar-refractivity contribution in [2.45, 2.75) is 47.0 Å². The molecule has 0 saturated carbocycles. The number of ether oxygens (including phenoxy) is 2. The van der Waals surface area contributed by atoms with Crippen LogP contribution in [0.1, 0.15) is 57.2 Å². The van der Waals surface area contributed by atoms with E-state index in [2.05, 4.69) is 86.0 Å². The summed E-state index contributed by atoms with van der Waals surface area (Å²) < 4.78 is 10.8. The van der Waals surface area contributed by atoms with Crippen molar-refractivity contribution in [3.8, 4) is 28.5 Å². The van der Waals surface area contributed by atoms with Crippen LogP contribution in [0.2, 0.25) is 0 Å². The smallest absolute Gasteiger partial charge is 0.167 e. The Kier molecular flexibility index (Phi) is 17.9.